The molecular weight excluding hydrogens is 312 g/mol. The van der Waals surface area contributed by atoms with E-state index in [1.807, 2.05) is 12.1 Å². The molecule has 0 unspecified atom stereocenters. The summed E-state index contributed by atoms with van der Waals surface area (Å²) in [6, 6.07) is 12.3. The molecule has 2 aromatic carbocycles. The van der Waals surface area contributed by atoms with E-state index in [-0.39, 0.29) is 17.1 Å². The van der Waals surface area contributed by atoms with Crippen LogP contribution >= 0.6 is 0 Å². The fraction of sp³-hybridized carbons (Fsp3) is 0.409. The average Bonchev–Trinajstić information content (AvgIpc) is 2.80. The van der Waals surface area contributed by atoms with Crippen LogP contribution in [0.1, 0.15) is 53.7 Å². The second-order valence-corrected chi connectivity index (χ2v) is 7.71. The van der Waals surface area contributed by atoms with Crippen molar-refractivity contribution in [2.24, 2.45) is 5.41 Å². The van der Waals surface area contributed by atoms with Crippen molar-refractivity contribution in [1.29, 1.82) is 0 Å². The maximum Gasteiger partial charge on any atom is 0.170 e. The highest BCUT2D eigenvalue weighted by Gasteiger charge is 2.63. The van der Waals surface area contributed by atoms with Crippen molar-refractivity contribution in [2.75, 3.05) is 14.2 Å². The van der Waals surface area contributed by atoms with Crippen LogP contribution in [0.4, 0.5) is 0 Å². The van der Waals surface area contributed by atoms with Gasteiger partial charge in [0.1, 0.15) is 11.5 Å². The first-order valence-electron chi connectivity index (χ1n) is 8.77. The number of carbonyl (C=O) groups excluding carboxylic acids is 1. The van der Waals surface area contributed by atoms with E-state index in [9.17, 15) is 4.79 Å². The molecule has 0 spiro atoms. The van der Waals surface area contributed by atoms with Crippen LogP contribution in [0, 0.1) is 5.41 Å². The van der Waals surface area contributed by atoms with Crippen molar-refractivity contribution in [1.82, 2.24) is 0 Å². The molecule has 25 heavy (non-hydrogen) atoms. The van der Waals surface area contributed by atoms with Crippen LogP contribution < -0.4 is 9.47 Å². The lowest BCUT2D eigenvalue weighted by atomic mass is 9.52. The van der Waals surface area contributed by atoms with Crippen LogP contribution in [-0.4, -0.2) is 20.0 Å². The average molecular weight is 336 g/mol. The fourth-order valence-electron chi connectivity index (χ4n) is 5.16. The molecule has 0 saturated heterocycles. The number of rotatable bonds is 2. The molecule has 0 aromatic heterocycles. The topological polar surface area (TPSA) is 35.5 Å². The van der Waals surface area contributed by atoms with Gasteiger partial charge in [-0.25, -0.2) is 0 Å². The van der Waals surface area contributed by atoms with E-state index < -0.39 is 5.41 Å². The smallest absolute Gasteiger partial charge is 0.170 e. The van der Waals surface area contributed by atoms with E-state index in [2.05, 4.69) is 45.0 Å². The summed E-state index contributed by atoms with van der Waals surface area (Å²) in [7, 11) is 3.29. The molecule has 130 valence electrons. The monoisotopic (exact) mass is 336 g/mol. The number of benzene rings is 2. The van der Waals surface area contributed by atoms with Crippen molar-refractivity contribution in [3.63, 3.8) is 0 Å². The Bertz CT molecular complexity index is 885. The third-order valence-corrected chi connectivity index (χ3v) is 6.88. The highest BCUT2D eigenvalue weighted by molar-refractivity contribution is 6.08. The van der Waals surface area contributed by atoms with Crippen LogP contribution in [0.3, 0.4) is 0 Å². The molecule has 3 atom stereocenters. The molecule has 2 aromatic rings. The van der Waals surface area contributed by atoms with Crippen molar-refractivity contribution < 1.29 is 14.3 Å². The number of Topliss-reactive ketones (excluding diaryl/α,β-unsaturated/α-hetero) is 1. The van der Waals surface area contributed by atoms with E-state index in [1.165, 1.54) is 11.1 Å². The van der Waals surface area contributed by atoms with Crippen LogP contribution in [-0.2, 0) is 11.8 Å². The zero-order chi connectivity index (χ0) is 18.0. The number of methoxy groups -OCH3 is 2. The van der Waals surface area contributed by atoms with Crippen molar-refractivity contribution in [3.8, 4) is 11.5 Å². The summed E-state index contributed by atoms with van der Waals surface area (Å²) in [6.45, 7) is 6.53. The number of carbonyl (C=O) groups is 1. The molecule has 2 aliphatic rings. The zero-order valence-electron chi connectivity index (χ0n) is 15.5. The normalized spacial score (nSPS) is 29.6. The minimum Gasteiger partial charge on any atom is -0.497 e. The molecule has 4 rings (SSSR count). The Labute approximate surface area is 149 Å². The van der Waals surface area contributed by atoms with Gasteiger partial charge in [0, 0.05) is 28.0 Å². The third-order valence-electron chi connectivity index (χ3n) is 6.88. The Morgan fingerprint density at radius 2 is 1.80 bits per heavy atom. The molecule has 2 aliphatic carbocycles. The van der Waals surface area contributed by atoms with Crippen molar-refractivity contribution in [2.45, 2.75) is 38.5 Å². The number of hydrogen-bond donors (Lipinski definition) is 0. The molecule has 0 saturated carbocycles. The number of hydrogen-bond acceptors (Lipinski definition) is 3. The Kier molecular flexibility index (Phi) is 3.31. The third kappa shape index (κ3) is 1.79. The van der Waals surface area contributed by atoms with Crippen LogP contribution in [0.5, 0.6) is 11.5 Å². The van der Waals surface area contributed by atoms with Gasteiger partial charge in [-0.1, -0.05) is 45.0 Å². The fourth-order valence-corrected chi connectivity index (χ4v) is 5.16. The molecule has 0 bridgehead atoms. The highest BCUT2D eigenvalue weighted by Crippen LogP contribution is 2.64. The molecule has 0 fully saturated rings. The van der Waals surface area contributed by atoms with E-state index in [1.54, 1.807) is 14.2 Å². The van der Waals surface area contributed by atoms with Gasteiger partial charge in [0.25, 0.3) is 0 Å². The Balaban J connectivity index is 2.04. The first-order valence-corrected chi connectivity index (χ1v) is 8.77. The van der Waals surface area contributed by atoms with Crippen LogP contribution in [0.2, 0.25) is 0 Å². The van der Waals surface area contributed by atoms with Gasteiger partial charge in [-0.3, -0.25) is 4.79 Å². The highest BCUT2D eigenvalue weighted by atomic mass is 16.5. The molecule has 3 nitrogen and oxygen atoms in total. The largest absolute Gasteiger partial charge is 0.497 e. The van der Waals surface area contributed by atoms with Gasteiger partial charge in [0.05, 0.1) is 14.2 Å². The van der Waals surface area contributed by atoms with Crippen LogP contribution in [0.15, 0.2) is 36.4 Å². The predicted molar refractivity (Wildman–Crippen MR) is 97.9 cm³/mol. The summed E-state index contributed by atoms with van der Waals surface area (Å²) >= 11 is 0. The molecule has 0 N–H and O–H groups in total. The van der Waals surface area contributed by atoms with E-state index in [0.717, 1.165) is 23.3 Å². The molecule has 0 amide bonds. The standard InChI is InChI=1S/C22H24O3/c1-13-16-9-7-6-8-14(16)12-21(2)19-17(20(23)22(13,21)3)10-15(24-4)11-18(19)25-5/h6-11,13H,12H2,1-5H3/t13-,21-,22+/m1/s1. The molecule has 0 aliphatic heterocycles. The minimum absolute atomic E-state index is 0.137. The van der Waals surface area contributed by atoms with Gasteiger partial charge in [0.15, 0.2) is 5.78 Å². The van der Waals surface area contributed by atoms with Crippen molar-refractivity contribution >= 4 is 5.78 Å². The summed E-state index contributed by atoms with van der Waals surface area (Å²) in [4.78, 5) is 13.6. The summed E-state index contributed by atoms with van der Waals surface area (Å²) in [5.41, 5.74) is 3.60. The first-order chi connectivity index (χ1) is 11.9. The summed E-state index contributed by atoms with van der Waals surface area (Å²) in [6.07, 6.45) is 0.839. The molecular formula is C22H24O3. The second kappa shape index (κ2) is 5.10. The van der Waals surface area contributed by atoms with E-state index in [4.69, 9.17) is 9.47 Å². The van der Waals surface area contributed by atoms with Gasteiger partial charge in [-0.05, 0) is 29.5 Å². The Morgan fingerprint density at radius 1 is 1.08 bits per heavy atom. The van der Waals surface area contributed by atoms with Gasteiger partial charge >= 0.3 is 0 Å². The lowest BCUT2D eigenvalue weighted by Gasteiger charge is -2.49. The SMILES string of the molecule is COc1cc(OC)c2c(c1)C(=O)[C@]1(C)[C@H](C)c3ccccc3C[C@]21C. The number of fused-ring (bicyclic) bond motifs is 4. The van der Waals surface area contributed by atoms with Gasteiger partial charge in [0.2, 0.25) is 0 Å². The maximum atomic E-state index is 13.6. The quantitative estimate of drug-likeness (QED) is 0.808. The molecule has 0 radical (unpaired) electrons. The first kappa shape index (κ1) is 16.2. The number of ketones is 1. The summed E-state index contributed by atoms with van der Waals surface area (Å²) in [5.74, 6) is 1.75. The Hall–Kier alpha value is -2.29. The Morgan fingerprint density at radius 3 is 2.48 bits per heavy atom. The predicted octanol–water partition coefficient (Wildman–Crippen LogP) is 4.52. The summed E-state index contributed by atoms with van der Waals surface area (Å²) in [5, 5.41) is 0. The van der Waals surface area contributed by atoms with Gasteiger partial charge in [-0.15, -0.1) is 0 Å². The maximum absolute atomic E-state index is 13.6. The van der Waals surface area contributed by atoms with Crippen LogP contribution in [0.25, 0.3) is 0 Å². The molecule has 3 heteroatoms. The van der Waals surface area contributed by atoms with E-state index >= 15 is 0 Å². The summed E-state index contributed by atoms with van der Waals surface area (Å²) < 4.78 is 11.1. The zero-order valence-corrected chi connectivity index (χ0v) is 15.5. The molecule has 0 heterocycles. The van der Waals surface area contributed by atoms with Crippen molar-refractivity contribution in [3.05, 3.63) is 58.7 Å². The van der Waals surface area contributed by atoms with Gasteiger partial charge in [-0.2, -0.15) is 0 Å². The van der Waals surface area contributed by atoms with Gasteiger partial charge < -0.3 is 9.47 Å². The lowest BCUT2D eigenvalue weighted by Crippen LogP contribution is -2.49. The number of ether oxygens (including phenoxy) is 2. The minimum atomic E-state index is -0.497. The second-order valence-electron chi connectivity index (χ2n) is 7.71. The lowest BCUT2D eigenvalue weighted by molar-refractivity contribution is 0.0623. The van der Waals surface area contributed by atoms with E-state index in [0.29, 0.717) is 5.75 Å².